The van der Waals surface area contributed by atoms with Gasteiger partial charge in [0.05, 0.1) is 0 Å². The minimum absolute atomic E-state index is 0.0940. The molecular formula is C9H12N2OS. The summed E-state index contributed by atoms with van der Waals surface area (Å²) in [5.74, 6) is 0.0940. The standard InChI is InChI=1S/C9H12N2OS/c10-8-6-11(9(8)12)4-3-7-2-1-5-13-7/h1-2,5,8H,3-4,6,10H2. The molecule has 2 rings (SSSR count). The number of likely N-dealkylation sites (tertiary alicyclic amines) is 1. The van der Waals surface area contributed by atoms with Crippen molar-refractivity contribution in [3.05, 3.63) is 22.4 Å². The van der Waals surface area contributed by atoms with E-state index in [9.17, 15) is 4.79 Å². The normalized spacial score (nSPS) is 21.8. The van der Waals surface area contributed by atoms with Crippen LogP contribution in [0.5, 0.6) is 0 Å². The Morgan fingerprint density at radius 1 is 1.69 bits per heavy atom. The molecule has 2 heterocycles. The predicted octanol–water partition coefficient (Wildman–Crippen LogP) is 0.460. The average molecular weight is 196 g/mol. The van der Waals surface area contributed by atoms with Crippen LogP contribution in [0, 0.1) is 0 Å². The zero-order valence-electron chi connectivity index (χ0n) is 7.27. The first-order chi connectivity index (χ1) is 6.27. The van der Waals surface area contributed by atoms with Crippen LogP contribution in [-0.2, 0) is 11.2 Å². The second kappa shape index (κ2) is 3.47. The molecule has 1 unspecified atom stereocenters. The van der Waals surface area contributed by atoms with Crippen molar-refractivity contribution < 1.29 is 4.79 Å². The third-order valence-electron chi connectivity index (χ3n) is 2.25. The average Bonchev–Trinajstić information content (AvgIpc) is 2.64. The zero-order chi connectivity index (χ0) is 9.26. The fourth-order valence-electron chi connectivity index (χ4n) is 1.43. The molecule has 1 aliphatic rings. The predicted molar refractivity (Wildman–Crippen MR) is 52.6 cm³/mol. The molecule has 1 aliphatic heterocycles. The van der Waals surface area contributed by atoms with Crippen LogP contribution in [-0.4, -0.2) is 29.9 Å². The molecular weight excluding hydrogens is 184 g/mol. The van der Waals surface area contributed by atoms with Crippen molar-refractivity contribution in [3.63, 3.8) is 0 Å². The van der Waals surface area contributed by atoms with Crippen LogP contribution in [0.15, 0.2) is 17.5 Å². The minimum Gasteiger partial charge on any atom is -0.339 e. The molecule has 1 amide bonds. The van der Waals surface area contributed by atoms with E-state index >= 15 is 0 Å². The summed E-state index contributed by atoms with van der Waals surface area (Å²) in [7, 11) is 0. The number of hydrogen-bond donors (Lipinski definition) is 1. The lowest BCUT2D eigenvalue weighted by Gasteiger charge is -2.36. The highest BCUT2D eigenvalue weighted by atomic mass is 32.1. The van der Waals surface area contributed by atoms with Gasteiger partial charge >= 0.3 is 0 Å². The zero-order valence-corrected chi connectivity index (χ0v) is 8.09. The minimum atomic E-state index is -0.233. The number of hydrogen-bond acceptors (Lipinski definition) is 3. The largest absolute Gasteiger partial charge is 0.339 e. The van der Waals surface area contributed by atoms with Gasteiger partial charge in [-0.1, -0.05) is 6.07 Å². The molecule has 0 aromatic carbocycles. The first-order valence-corrected chi connectivity index (χ1v) is 5.22. The lowest BCUT2D eigenvalue weighted by molar-refractivity contribution is -0.142. The Bertz CT molecular complexity index is 297. The summed E-state index contributed by atoms with van der Waals surface area (Å²) in [6.45, 7) is 1.54. The molecule has 2 N–H and O–H groups in total. The van der Waals surface area contributed by atoms with E-state index in [4.69, 9.17) is 5.73 Å². The number of nitrogens with zero attached hydrogens (tertiary/aromatic N) is 1. The number of thiophene rings is 1. The second-order valence-electron chi connectivity index (χ2n) is 3.22. The molecule has 70 valence electrons. The van der Waals surface area contributed by atoms with Gasteiger partial charge in [0, 0.05) is 18.0 Å². The van der Waals surface area contributed by atoms with Gasteiger partial charge in [-0.3, -0.25) is 4.79 Å². The SMILES string of the molecule is NC1CN(CCc2cccs2)C1=O. The molecule has 13 heavy (non-hydrogen) atoms. The maximum Gasteiger partial charge on any atom is 0.241 e. The molecule has 0 spiro atoms. The number of carbonyl (C=O) groups excluding carboxylic acids is 1. The molecule has 1 atom stereocenters. The maximum absolute atomic E-state index is 11.1. The van der Waals surface area contributed by atoms with Crippen molar-refractivity contribution in [1.82, 2.24) is 4.90 Å². The fourth-order valence-corrected chi connectivity index (χ4v) is 2.13. The van der Waals surface area contributed by atoms with Gasteiger partial charge in [0.15, 0.2) is 0 Å². The van der Waals surface area contributed by atoms with E-state index in [0.29, 0.717) is 0 Å². The van der Waals surface area contributed by atoms with E-state index in [2.05, 4.69) is 11.4 Å². The Balaban J connectivity index is 1.78. The van der Waals surface area contributed by atoms with Gasteiger partial charge in [-0.2, -0.15) is 0 Å². The quantitative estimate of drug-likeness (QED) is 0.714. The van der Waals surface area contributed by atoms with Gasteiger partial charge in [0.2, 0.25) is 5.91 Å². The summed E-state index contributed by atoms with van der Waals surface area (Å²) < 4.78 is 0. The van der Waals surface area contributed by atoms with Crippen molar-refractivity contribution in [2.75, 3.05) is 13.1 Å². The van der Waals surface area contributed by atoms with Crippen LogP contribution in [0.1, 0.15) is 4.88 Å². The van der Waals surface area contributed by atoms with Crippen LogP contribution >= 0.6 is 11.3 Å². The Kier molecular flexibility index (Phi) is 2.33. The van der Waals surface area contributed by atoms with Gasteiger partial charge in [0.1, 0.15) is 6.04 Å². The van der Waals surface area contributed by atoms with Crippen molar-refractivity contribution in [2.45, 2.75) is 12.5 Å². The van der Waals surface area contributed by atoms with Crippen LogP contribution in [0.3, 0.4) is 0 Å². The highest BCUT2D eigenvalue weighted by molar-refractivity contribution is 7.09. The molecule has 0 radical (unpaired) electrons. The second-order valence-corrected chi connectivity index (χ2v) is 4.25. The van der Waals surface area contributed by atoms with Gasteiger partial charge < -0.3 is 10.6 Å². The van der Waals surface area contributed by atoms with Gasteiger partial charge in [-0.15, -0.1) is 11.3 Å². The maximum atomic E-state index is 11.1. The highest BCUT2D eigenvalue weighted by Gasteiger charge is 2.32. The Morgan fingerprint density at radius 3 is 3.08 bits per heavy atom. The monoisotopic (exact) mass is 196 g/mol. The summed E-state index contributed by atoms with van der Waals surface area (Å²) in [6, 6.07) is 3.89. The molecule has 1 fully saturated rings. The molecule has 4 heteroatoms. The molecule has 1 aromatic rings. The third kappa shape index (κ3) is 1.73. The van der Waals surface area contributed by atoms with Crippen molar-refractivity contribution >= 4 is 17.2 Å². The number of β-lactam (4-membered cyclic amide) rings is 1. The lowest BCUT2D eigenvalue weighted by atomic mass is 10.1. The van der Waals surface area contributed by atoms with E-state index < -0.39 is 0 Å². The van der Waals surface area contributed by atoms with Crippen LogP contribution < -0.4 is 5.73 Å². The Labute approximate surface area is 81.2 Å². The molecule has 1 saturated heterocycles. The summed E-state index contributed by atoms with van der Waals surface area (Å²) in [6.07, 6.45) is 0.954. The number of amides is 1. The van der Waals surface area contributed by atoms with Crippen molar-refractivity contribution in [3.8, 4) is 0 Å². The molecule has 1 aromatic heterocycles. The topological polar surface area (TPSA) is 46.3 Å². The van der Waals surface area contributed by atoms with Crippen LogP contribution in [0.4, 0.5) is 0 Å². The van der Waals surface area contributed by atoms with E-state index in [1.54, 1.807) is 11.3 Å². The Hall–Kier alpha value is -0.870. The molecule has 0 saturated carbocycles. The van der Waals surface area contributed by atoms with Gasteiger partial charge in [-0.25, -0.2) is 0 Å². The van der Waals surface area contributed by atoms with E-state index in [1.807, 2.05) is 11.0 Å². The van der Waals surface area contributed by atoms with E-state index in [0.717, 1.165) is 19.5 Å². The van der Waals surface area contributed by atoms with Gasteiger partial charge in [0.25, 0.3) is 0 Å². The molecule has 3 nitrogen and oxygen atoms in total. The molecule has 0 bridgehead atoms. The van der Waals surface area contributed by atoms with Crippen molar-refractivity contribution in [1.29, 1.82) is 0 Å². The number of carbonyl (C=O) groups is 1. The summed E-state index contributed by atoms with van der Waals surface area (Å²) in [5, 5.41) is 2.05. The summed E-state index contributed by atoms with van der Waals surface area (Å²) in [5.41, 5.74) is 5.47. The smallest absolute Gasteiger partial charge is 0.241 e. The van der Waals surface area contributed by atoms with Gasteiger partial charge in [-0.05, 0) is 17.9 Å². The van der Waals surface area contributed by atoms with E-state index in [-0.39, 0.29) is 11.9 Å². The first kappa shape index (κ1) is 8.72. The number of nitrogens with two attached hydrogens (primary N) is 1. The van der Waals surface area contributed by atoms with Crippen LogP contribution in [0.2, 0.25) is 0 Å². The highest BCUT2D eigenvalue weighted by Crippen LogP contribution is 2.13. The summed E-state index contributed by atoms with van der Waals surface area (Å²) >= 11 is 1.73. The van der Waals surface area contributed by atoms with Crippen molar-refractivity contribution in [2.24, 2.45) is 5.73 Å². The lowest BCUT2D eigenvalue weighted by Crippen LogP contribution is -2.61. The fraction of sp³-hybridized carbons (Fsp3) is 0.444. The molecule has 0 aliphatic carbocycles. The first-order valence-electron chi connectivity index (χ1n) is 4.34. The third-order valence-corrected chi connectivity index (χ3v) is 3.19. The van der Waals surface area contributed by atoms with E-state index in [1.165, 1.54) is 4.88 Å². The summed E-state index contributed by atoms with van der Waals surface area (Å²) in [4.78, 5) is 14.3. The van der Waals surface area contributed by atoms with Crippen LogP contribution in [0.25, 0.3) is 0 Å². The Morgan fingerprint density at radius 2 is 2.54 bits per heavy atom. The number of rotatable bonds is 3.